The molecule has 1 aliphatic rings. The quantitative estimate of drug-likeness (QED) is 0.545. The molecule has 4 N–H and O–H groups in total. The average Bonchev–Trinajstić information content (AvgIpc) is 2.60. The first-order valence-electron chi connectivity index (χ1n) is 8.01. The van der Waals surface area contributed by atoms with Crippen molar-refractivity contribution in [2.45, 2.75) is 13.5 Å². The van der Waals surface area contributed by atoms with Gasteiger partial charge in [-0.1, -0.05) is 12.1 Å². The number of carbonyl (C=O) groups excluding carboxylic acids is 1. The van der Waals surface area contributed by atoms with E-state index in [4.69, 9.17) is 16.2 Å². The van der Waals surface area contributed by atoms with Crippen LogP contribution in [0, 0.1) is 5.82 Å². The van der Waals surface area contributed by atoms with E-state index >= 15 is 0 Å². The molecule has 0 atom stereocenters. The zero-order valence-electron chi connectivity index (χ0n) is 14.4. The summed E-state index contributed by atoms with van der Waals surface area (Å²) in [6.45, 7) is 2.59. The zero-order valence-corrected chi connectivity index (χ0v) is 15.2. The second kappa shape index (κ2) is 8.32. The summed E-state index contributed by atoms with van der Waals surface area (Å²) in [7, 11) is -3.25. The summed E-state index contributed by atoms with van der Waals surface area (Å²) in [5.41, 5.74) is 10.6. The molecule has 0 radical (unpaired) electrons. The maximum atomic E-state index is 14.7. The maximum Gasteiger partial charge on any atom is 0.437 e. The Morgan fingerprint density at radius 1 is 1.27 bits per heavy atom. The summed E-state index contributed by atoms with van der Waals surface area (Å²) in [6, 6.07) is 4.72. The van der Waals surface area contributed by atoms with Gasteiger partial charge in [-0.05, 0) is 13.0 Å². The minimum Gasteiger partial charge on any atom is -0.443 e. The van der Waals surface area contributed by atoms with E-state index in [1.807, 2.05) is 0 Å². The highest BCUT2D eigenvalue weighted by atomic mass is 32.2. The van der Waals surface area contributed by atoms with E-state index in [2.05, 4.69) is 4.99 Å². The highest BCUT2D eigenvalue weighted by molar-refractivity contribution is 7.89. The first kappa shape index (κ1) is 19.9. The second-order valence-electron chi connectivity index (χ2n) is 5.63. The molecule has 1 heterocycles. The highest BCUT2D eigenvalue weighted by Crippen LogP contribution is 2.24. The molecule has 0 unspecified atom stereocenters. The topological polar surface area (TPSA) is 131 Å². The molecular weight excluding hydrogens is 365 g/mol. The number of rotatable bonds is 5. The van der Waals surface area contributed by atoms with Crippen LogP contribution in [0.5, 0.6) is 0 Å². The van der Waals surface area contributed by atoms with Gasteiger partial charge in [0.1, 0.15) is 6.61 Å². The van der Waals surface area contributed by atoms with Crippen molar-refractivity contribution in [2.75, 3.05) is 36.8 Å². The van der Waals surface area contributed by atoms with Gasteiger partial charge in [0.05, 0.1) is 11.4 Å². The van der Waals surface area contributed by atoms with Crippen LogP contribution in [0.2, 0.25) is 0 Å². The van der Waals surface area contributed by atoms with Crippen molar-refractivity contribution in [2.24, 2.45) is 16.5 Å². The third-order valence-corrected chi connectivity index (χ3v) is 5.85. The van der Waals surface area contributed by atoms with Gasteiger partial charge in [0.15, 0.2) is 11.8 Å². The fourth-order valence-corrected chi connectivity index (χ4v) is 3.67. The minimum atomic E-state index is -3.25. The van der Waals surface area contributed by atoms with E-state index in [0.717, 1.165) is 0 Å². The van der Waals surface area contributed by atoms with Crippen molar-refractivity contribution in [3.8, 4) is 0 Å². The Hall–Kier alpha value is -2.40. The Labute approximate surface area is 151 Å². The first-order chi connectivity index (χ1) is 12.2. The number of amides is 1. The van der Waals surface area contributed by atoms with Gasteiger partial charge in [-0.15, -0.1) is 4.99 Å². The molecule has 0 spiro atoms. The molecule has 0 aliphatic carbocycles. The number of benzene rings is 1. The molecule has 1 aromatic carbocycles. The van der Waals surface area contributed by atoms with Crippen LogP contribution in [0.25, 0.3) is 0 Å². The van der Waals surface area contributed by atoms with Gasteiger partial charge in [-0.25, -0.2) is 17.6 Å². The number of hydrogen-bond donors (Lipinski definition) is 2. The summed E-state index contributed by atoms with van der Waals surface area (Å²) in [5, 5.41) is 0. The number of aliphatic imine (C=N–C) groups is 1. The van der Waals surface area contributed by atoms with Gasteiger partial charge in [-0.2, -0.15) is 4.31 Å². The number of hydrogen-bond acceptors (Lipinski definition) is 5. The van der Waals surface area contributed by atoms with E-state index < -0.39 is 27.9 Å². The SMILES string of the molecule is CCS(=O)(=O)N1CCN(c2cccc(COC(=O)N=C(N)N)c2F)CC1. The van der Waals surface area contributed by atoms with Gasteiger partial charge >= 0.3 is 6.09 Å². The van der Waals surface area contributed by atoms with Crippen LogP contribution in [0.4, 0.5) is 14.9 Å². The number of nitrogens with two attached hydrogens (primary N) is 2. The van der Waals surface area contributed by atoms with Gasteiger partial charge in [0.25, 0.3) is 0 Å². The Balaban J connectivity index is 2.06. The predicted molar refractivity (Wildman–Crippen MR) is 95.6 cm³/mol. The molecule has 1 saturated heterocycles. The molecule has 1 amide bonds. The summed E-state index contributed by atoms with van der Waals surface area (Å²) >= 11 is 0. The zero-order chi connectivity index (χ0) is 19.3. The van der Waals surface area contributed by atoms with Crippen LogP contribution in [0.3, 0.4) is 0 Å². The molecule has 0 bridgehead atoms. The number of piperazine rings is 1. The van der Waals surface area contributed by atoms with Gasteiger partial charge < -0.3 is 21.1 Å². The molecule has 0 saturated carbocycles. The Morgan fingerprint density at radius 3 is 2.50 bits per heavy atom. The molecule has 144 valence electrons. The Bertz CT molecular complexity index is 787. The molecule has 1 aromatic rings. The fourth-order valence-electron chi connectivity index (χ4n) is 2.59. The summed E-state index contributed by atoms with van der Waals surface area (Å²) in [6.07, 6.45) is -1.01. The lowest BCUT2D eigenvalue weighted by Crippen LogP contribution is -2.49. The van der Waals surface area contributed by atoms with Crippen molar-refractivity contribution >= 4 is 27.8 Å². The smallest absolute Gasteiger partial charge is 0.437 e. The molecule has 26 heavy (non-hydrogen) atoms. The van der Waals surface area contributed by atoms with Crippen LogP contribution in [-0.2, 0) is 21.4 Å². The average molecular weight is 387 g/mol. The number of halogens is 1. The largest absolute Gasteiger partial charge is 0.443 e. The molecule has 11 heteroatoms. The Morgan fingerprint density at radius 2 is 1.92 bits per heavy atom. The normalized spacial score (nSPS) is 15.5. The van der Waals surface area contributed by atoms with E-state index in [-0.39, 0.29) is 17.9 Å². The van der Waals surface area contributed by atoms with Crippen LogP contribution in [0.15, 0.2) is 23.2 Å². The standard InChI is InChI=1S/C15H22FN5O4S/c1-2-26(23,24)21-8-6-20(7-9-21)12-5-3-4-11(13(12)16)10-25-15(22)19-14(17)18/h3-5H,2,6-10H2,1H3,(H4,17,18,19,22). The molecule has 0 aromatic heterocycles. The number of ether oxygens (including phenoxy) is 1. The number of nitrogens with zero attached hydrogens (tertiary/aromatic N) is 3. The van der Waals surface area contributed by atoms with Crippen molar-refractivity contribution in [1.29, 1.82) is 0 Å². The van der Waals surface area contributed by atoms with Crippen LogP contribution >= 0.6 is 0 Å². The number of sulfonamides is 1. The highest BCUT2D eigenvalue weighted by Gasteiger charge is 2.27. The third kappa shape index (κ3) is 4.82. The molecular formula is C15H22FN5O4S. The maximum absolute atomic E-state index is 14.7. The fraction of sp³-hybridized carbons (Fsp3) is 0.467. The van der Waals surface area contributed by atoms with Crippen LogP contribution in [-0.4, -0.2) is 56.7 Å². The minimum absolute atomic E-state index is 0.0397. The van der Waals surface area contributed by atoms with Crippen molar-refractivity contribution in [3.63, 3.8) is 0 Å². The van der Waals surface area contributed by atoms with E-state index in [1.54, 1.807) is 24.0 Å². The summed E-state index contributed by atoms with van der Waals surface area (Å²) in [5.74, 6) is -0.932. The first-order valence-corrected chi connectivity index (χ1v) is 9.62. The van der Waals surface area contributed by atoms with Gasteiger partial charge in [-0.3, -0.25) is 0 Å². The second-order valence-corrected chi connectivity index (χ2v) is 7.89. The van der Waals surface area contributed by atoms with E-state index in [0.29, 0.717) is 31.9 Å². The van der Waals surface area contributed by atoms with Gasteiger partial charge in [0, 0.05) is 31.7 Å². The van der Waals surface area contributed by atoms with E-state index in [1.165, 1.54) is 10.4 Å². The van der Waals surface area contributed by atoms with E-state index in [9.17, 15) is 17.6 Å². The number of guanidine groups is 1. The van der Waals surface area contributed by atoms with Gasteiger partial charge in [0.2, 0.25) is 10.0 Å². The lowest BCUT2D eigenvalue weighted by molar-refractivity contribution is 0.149. The number of carbonyl (C=O) groups is 1. The molecule has 1 aliphatic heterocycles. The monoisotopic (exact) mass is 387 g/mol. The van der Waals surface area contributed by atoms with Crippen molar-refractivity contribution in [1.82, 2.24) is 4.31 Å². The number of anilines is 1. The lowest BCUT2D eigenvalue weighted by atomic mass is 10.1. The molecule has 9 nitrogen and oxygen atoms in total. The Kier molecular flexibility index (Phi) is 6.37. The third-order valence-electron chi connectivity index (χ3n) is 3.97. The predicted octanol–water partition coefficient (Wildman–Crippen LogP) is 0.207. The lowest BCUT2D eigenvalue weighted by Gasteiger charge is -2.35. The van der Waals surface area contributed by atoms with Crippen molar-refractivity contribution in [3.05, 3.63) is 29.6 Å². The molecule has 1 fully saturated rings. The molecule has 2 rings (SSSR count). The van der Waals surface area contributed by atoms with Crippen molar-refractivity contribution < 1.29 is 22.3 Å². The van der Waals surface area contributed by atoms with Crippen LogP contribution < -0.4 is 16.4 Å². The summed E-state index contributed by atoms with van der Waals surface area (Å²) < 4.78 is 44.7. The summed E-state index contributed by atoms with van der Waals surface area (Å²) in [4.78, 5) is 16.3. The van der Waals surface area contributed by atoms with Crippen LogP contribution in [0.1, 0.15) is 12.5 Å².